The van der Waals surface area contributed by atoms with Crippen molar-refractivity contribution >= 4 is 0 Å². The number of rotatable bonds is 9. The Bertz CT molecular complexity index is 1030. The molecule has 0 fully saturated rings. The van der Waals surface area contributed by atoms with E-state index in [4.69, 9.17) is 10.5 Å². The Balaban J connectivity index is 1.75. The number of nitrogens with zero attached hydrogens (tertiary/aromatic N) is 5. The number of hydrogen-bond acceptors (Lipinski definition) is 6. The van der Waals surface area contributed by atoms with Gasteiger partial charge in [-0.1, -0.05) is 0 Å². The van der Waals surface area contributed by atoms with Crippen LogP contribution < -0.4 is 10.5 Å². The summed E-state index contributed by atoms with van der Waals surface area (Å²) in [5.74, 6) is 0.967. The molecule has 3 rings (SSSR count). The number of halogens is 2. The van der Waals surface area contributed by atoms with Crippen molar-refractivity contribution in [2.45, 2.75) is 32.7 Å². The summed E-state index contributed by atoms with van der Waals surface area (Å²) >= 11 is 0. The summed E-state index contributed by atoms with van der Waals surface area (Å²) in [6.45, 7) is 2.12. The van der Waals surface area contributed by atoms with Gasteiger partial charge in [-0.15, -0.1) is 0 Å². The van der Waals surface area contributed by atoms with Crippen LogP contribution in [0.25, 0.3) is 11.4 Å². The molecule has 0 saturated heterocycles. The Hall–Kier alpha value is -3.38. The molecular formula is C21H22F2N6O. The molecule has 3 aromatic rings. The number of nitrogens with two attached hydrogens (primary N) is 1. The van der Waals surface area contributed by atoms with Crippen LogP contribution in [0.5, 0.6) is 5.75 Å². The second kappa shape index (κ2) is 9.89. The summed E-state index contributed by atoms with van der Waals surface area (Å²) in [5.41, 5.74) is 9.13. The number of hydrogen-bond donors (Lipinski definition) is 1. The number of alkyl halides is 2. The van der Waals surface area contributed by atoms with Gasteiger partial charge in [-0.05, 0) is 49.2 Å². The topological polar surface area (TPSA) is 103 Å². The first kappa shape index (κ1) is 21.3. The number of aromatic nitrogens is 4. The molecule has 156 valence electrons. The lowest BCUT2D eigenvalue weighted by Gasteiger charge is -2.12. The maximum atomic E-state index is 12.6. The highest BCUT2D eigenvalue weighted by atomic mass is 19.3. The van der Waals surface area contributed by atoms with Gasteiger partial charge in [0, 0.05) is 24.5 Å². The first-order valence-electron chi connectivity index (χ1n) is 9.49. The van der Waals surface area contributed by atoms with Crippen LogP contribution in [0.3, 0.4) is 0 Å². The molecule has 0 bridgehead atoms. The van der Waals surface area contributed by atoms with Crippen molar-refractivity contribution in [2.75, 3.05) is 13.2 Å². The number of benzene rings is 1. The third-order valence-corrected chi connectivity index (χ3v) is 4.63. The maximum Gasteiger partial charge on any atom is 0.257 e. The molecule has 7 nitrogen and oxygen atoms in total. The lowest BCUT2D eigenvalue weighted by Crippen LogP contribution is -2.10. The Labute approximate surface area is 173 Å². The van der Waals surface area contributed by atoms with Crippen LogP contribution in [-0.4, -0.2) is 39.3 Å². The van der Waals surface area contributed by atoms with Crippen LogP contribution in [0.15, 0.2) is 36.8 Å². The van der Waals surface area contributed by atoms with E-state index >= 15 is 0 Å². The van der Waals surface area contributed by atoms with Crippen molar-refractivity contribution in [3.8, 4) is 23.2 Å². The lowest BCUT2D eigenvalue weighted by atomic mass is 10.1. The predicted octanol–water partition coefficient (Wildman–Crippen LogP) is 2.91. The molecule has 0 amide bonds. The predicted molar refractivity (Wildman–Crippen MR) is 107 cm³/mol. The molecule has 2 aromatic heterocycles. The second-order valence-electron chi connectivity index (χ2n) is 6.70. The highest BCUT2D eigenvalue weighted by Gasteiger charge is 2.13. The molecule has 2 N–H and O–H groups in total. The van der Waals surface area contributed by atoms with Gasteiger partial charge >= 0.3 is 0 Å². The fourth-order valence-electron chi connectivity index (χ4n) is 3.00. The summed E-state index contributed by atoms with van der Waals surface area (Å²) in [7, 11) is 0. The van der Waals surface area contributed by atoms with Crippen LogP contribution in [0, 0.1) is 18.3 Å². The molecule has 0 unspecified atom stereocenters. The zero-order valence-electron chi connectivity index (χ0n) is 16.6. The van der Waals surface area contributed by atoms with E-state index in [1.54, 1.807) is 43.7 Å². The minimum absolute atomic E-state index is 0.286. The Kier molecular flexibility index (Phi) is 7.03. The van der Waals surface area contributed by atoms with Gasteiger partial charge in [0.05, 0.1) is 30.0 Å². The van der Waals surface area contributed by atoms with E-state index in [1.165, 1.54) is 4.68 Å². The van der Waals surface area contributed by atoms with Crippen LogP contribution in [0.1, 0.15) is 22.4 Å². The van der Waals surface area contributed by atoms with E-state index in [0.29, 0.717) is 47.8 Å². The molecule has 1 aromatic carbocycles. The summed E-state index contributed by atoms with van der Waals surface area (Å²) < 4.78 is 32.4. The molecule has 9 heteroatoms. The van der Waals surface area contributed by atoms with Crippen molar-refractivity contribution in [3.63, 3.8) is 0 Å². The highest BCUT2D eigenvalue weighted by Crippen LogP contribution is 2.29. The molecule has 0 aliphatic rings. The van der Waals surface area contributed by atoms with Crippen LogP contribution in [0.2, 0.25) is 0 Å². The quantitative estimate of drug-likeness (QED) is 0.580. The van der Waals surface area contributed by atoms with Gasteiger partial charge in [-0.3, -0.25) is 4.68 Å². The van der Waals surface area contributed by atoms with Crippen LogP contribution in [0.4, 0.5) is 8.78 Å². The van der Waals surface area contributed by atoms with E-state index in [2.05, 4.69) is 21.1 Å². The van der Waals surface area contributed by atoms with Gasteiger partial charge < -0.3 is 10.5 Å². The van der Waals surface area contributed by atoms with Gasteiger partial charge in [0.2, 0.25) is 0 Å². The maximum absolute atomic E-state index is 12.6. The van der Waals surface area contributed by atoms with Gasteiger partial charge in [0.15, 0.2) is 5.82 Å². The van der Waals surface area contributed by atoms with E-state index in [9.17, 15) is 14.0 Å². The smallest absolute Gasteiger partial charge is 0.257 e. The first-order valence-corrected chi connectivity index (χ1v) is 9.49. The minimum Gasteiger partial charge on any atom is -0.492 e. The Morgan fingerprint density at radius 2 is 1.97 bits per heavy atom. The fraction of sp³-hybridized carbons (Fsp3) is 0.333. The largest absolute Gasteiger partial charge is 0.492 e. The van der Waals surface area contributed by atoms with Gasteiger partial charge in [0.25, 0.3) is 6.43 Å². The molecule has 0 aliphatic carbocycles. The third kappa shape index (κ3) is 5.15. The molecule has 30 heavy (non-hydrogen) atoms. The van der Waals surface area contributed by atoms with Gasteiger partial charge in [-0.25, -0.2) is 18.7 Å². The average molecular weight is 412 g/mol. The van der Waals surface area contributed by atoms with Gasteiger partial charge in [0.1, 0.15) is 12.3 Å². The van der Waals surface area contributed by atoms with Crippen LogP contribution >= 0.6 is 0 Å². The van der Waals surface area contributed by atoms with Crippen molar-refractivity contribution in [2.24, 2.45) is 5.73 Å². The Morgan fingerprint density at radius 1 is 1.20 bits per heavy atom. The van der Waals surface area contributed by atoms with Crippen LogP contribution in [-0.2, 0) is 19.4 Å². The SMILES string of the molecule is Cc1c(CCOc2cc(C#N)ccc2-c2ncc(CCN)cn2)cnn1CC(F)F. The minimum atomic E-state index is -2.46. The zero-order valence-corrected chi connectivity index (χ0v) is 16.6. The number of nitriles is 1. The molecule has 0 aliphatic heterocycles. The average Bonchev–Trinajstić information content (AvgIpc) is 3.08. The monoisotopic (exact) mass is 412 g/mol. The fourth-order valence-corrected chi connectivity index (χ4v) is 3.00. The summed E-state index contributed by atoms with van der Waals surface area (Å²) in [5, 5.41) is 13.2. The lowest BCUT2D eigenvalue weighted by molar-refractivity contribution is 0.121. The van der Waals surface area contributed by atoms with E-state index in [1.807, 2.05) is 0 Å². The van der Waals surface area contributed by atoms with Crippen molar-refractivity contribution < 1.29 is 13.5 Å². The van der Waals surface area contributed by atoms with Gasteiger partial charge in [-0.2, -0.15) is 10.4 Å². The van der Waals surface area contributed by atoms with Crippen molar-refractivity contribution in [3.05, 3.63) is 59.2 Å². The molecule has 2 heterocycles. The van der Waals surface area contributed by atoms with Crippen molar-refractivity contribution in [1.82, 2.24) is 19.7 Å². The molecule has 0 radical (unpaired) electrons. The third-order valence-electron chi connectivity index (χ3n) is 4.63. The zero-order chi connectivity index (χ0) is 21.5. The number of ether oxygens (including phenoxy) is 1. The first-order chi connectivity index (χ1) is 14.5. The summed E-state index contributed by atoms with van der Waals surface area (Å²) in [6.07, 6.45) is 3.74. The summed E-state index contributed by atoms with van der Waals surface area (Å²) in [4.78, 5) is 8.76. The van der Waals surface area contributed by atoms with E-state index in [0.717, 1.165) is 11.1 Å². The normalized spacial score (nSPS) is 10.9. The molecular weight excluding hydrogens is 390 g/mol. The summed E-state index contributed by atoms with van der Waals surface area (Å²) in [6, 6.07) is 7.16. The van der Waals surface area contributed by atoms with Crippen molar-refractivity contribution in [1.29, 1.82) is 5.26 Å². The standard InChI is InChI=1S/C21H22F2N6O/c1-14-17(12-28-29(14)13-20(22)23)5-7-30-19-8-15(9-25)2-3-18(19)21-26-10-16(4-6-24)11-27-21/h2-3,8,10-12,20H,4-7,13,24H2,1H3. The second-order valence-corrected chi connectivity index (χ2v) is 6.70. The molecule has 0 atom stereocenters. The Morgan fingerprint density at radius 3 is 2.63 bits per heavy atom. The van der Waals surface area contributed by atoms with E-state index in [-0.39, 0.29) is 6.61 Å². The molecule has 0 spiro atoms. The van der Waals surface area contributed by atoms with E-state index < -0.39 is 13.0 Å². The highest BCUT2D eigenvalue weighted by molar-refractivity contribution is 5.65. The molecule has 0 saturated carbocycles.